The maximum Gasteiger partial charge on any atom is 0.223 e. The molecular weight excluding hydrogens is 192 g/mol. The Bertz CT molecular complexity index is 161. The molecule has 0 atom stereocenters. The van der Waals surface area contributed by atoms with Gasteiger partial charge in [0.25, 0.3) is 0 Å². The maximum absolute atomic E-state index is 10.6. The first-order chi connectivity index (χ1) is 4.52. The molecule has 10 heavy (non-hydrogen) atoms. The summed E-state index contributed by atoms with van der Waals surface area (Å²) in [5, 5.41) is -0.163. The summed E-state index contributed by atoms with van der Waals surface area (Å²) in [5.74, 6) is 0. The fraction of sp³-hybridized carbons (Fsp3) is 0. The maximum atomic E-state index is 10.6. The van der Waals surface area contributed by atoms with Crippen molar-refractivity contribution in [2.75, 3.05) is 0 Å². The Balaban J connectivity index is 3.65. The van der Waals surface area contributed by atoms with E-state index in [2.05, 4.69) is 33.9 Å². The smallest absolute Gasteiger partial charge is 0.223 e. The van der Waals surface area contributed by atoms with E-state index in [1.165, 1.54) is 0 Å². The van der Waals surface area contributed by atoms with E-state index in [9.17, 15) is 4.21 Å². The predicted molar refractivity (Wildman–Crippen MR) is 48.0 cm³/mol. The molecule has 0 bridgehead atoms. The molecule has 0 aromatic carbocycles. The molecular formula is C2H6N4OS3. The van der Waals surface area contributed by atoms with Crippen LogP contribution >= 0.6 is 24.4 Å². The van der Waals surface area contributed by atoms with Crippen molar-refractivity contribution in [3.8, 4) is 0 Å². The summed E-state index contributed by atoms with van der Waals surface area (Å²) < 4.78 is 15.0. The monoisotopic (exact) mass is 198 g/mol. The minimum absolute atomic E-state index is 0.0814. The standard InChI is InChI=1S/C2H6N4OS3/c3-1(8)5-10(7)6-2(4)9/h(H3,3,5,8)(H3,4,6,9). The number of thiocarbonyl (C=S) groups is 2. The van der Waals surface area contributed by atoms with E-state index in [4.69, 9.17) is 11.5 Å². The second kappa shape index (κ2) is 4.36. The molecule has 0 fully saturated rings. The van der Waals surface area contributed by atoms with Crippen LogP contribution in [0.4, 0.5) is 0 Å². The minimum Gasteiger partial charge on any atom is -0.376 e. The van der Waals surface area contributed by atoms with Crippen molar-refractivity contribution in [1.82, 2.24) is 9.44 Å². The van der Waals surface area contributed by atoms with Crippen LogP contribution in [-0.2, 0) is 11.2 Å². The molecule has 6 N–H and O–H groups in total. The summed E-state index contributed by atoms with van der Waals surface area (Å²) in [7, 11) is 0. The number of nitrogens with two attached hydrogens (primary N) is 2. The van der Waals surface area contributed by atoms with Crippen LogP contribution in [0.15, 0.2) is 0 Å². The zero-order chi connectivity index (χ0) is 8.15. The van der Waals surface area contributed by atoms with E-state index in [0.29, 0.717) is 0 Å². The average molecular weight is 198 g/mol. The van der Waals surface area contributed by atoms with Gasteiger partial charge in [-0.05, 0) is 24.4 Å². The Morgan fingerprint density at radius 1 is 1.20 bits per heavy atom. The van der Waals surface area contributed by atoms with Gasteiger partial charge in [-0.15, -0.1) is 0 Å². The largest absolute Gasteiger partial charge is 0.376 e. The third-order valence-corrected chi connectivity index (χ3v) is 1.66. The van der Waals surface area contributed by atoms with Crippen LogP contribution in [0.1, 0.15) is 0 Å². The van der Waals surface area contributed by atoms with Gasteiger partial charge in [0.15, 0.2) is 10.2 Å². The van der Waals surface area contributed by atoms with Crippen molar-refractivity contribution in [2.45, 2.75) is 0 Å². The van der Waals surface area contributed by atoms with Gasteiger partial charge in [0.2, 0.25) is 11.2 Å². The van der Waals surface area contributed by atoms with Crippen molar-refractivity contribution in [1.29, 1.82) is 0 Å². The molecule has 0 saturated heterocycles. The highest BCUT2D eigenvalue weighted by Crippen LogP contribution is 1.66. The van der Waals surface area contributed by atoms with Gasteiger partial charge in [0, 0.05) is 0 Å². The van der Waals surface area contributed by atoms with Crippen LogP contribution in [0.25, 0.3) is 0 Å². The van der Waals surface area contributed by atoms with Crippen molar-refractivity contribution in [3.05, 3.63) is 0 Å². The van der Waals surface area contributed by atoms with E-state index in [-0.39, 0.29) is 10.2 Å². The summed E-state index contributed by atoms with van der Waals surface area (Å²) in [6, 6.07) is 0. The van der Waals surface area contributed by atoms with Gasteiger partial charge in [-0.2, -0.15) is 0 Å². The lowest BCUT2D eigenvalue weighted by atomic mass is 11.2. The first-order valence-corrected chi connectivity index (χ1v) is 4.03. The molecule has 0 unspecified atom stereocenters. The minimum atomic E-state index is -1.61. The van der Waals surface area contributed by atoms with Gasteiger partial charge >= 0.3 is 0 Å². The summed E-state index contributed by atoms with van der Waals surface area (Å²) in [5.41, 5.74) is 9.94. The van der Waals surface area contributed by atoms with E-state index in [0.717, 1.165) is 0 Å². The molecule has 0 aliphatic carbocycles. The van der Waals surface area contributed by atoms with Gasteiger partial charge in [0.1, 0.15) is 0 Å². The first kappa shape index (κ1) is 9.53. The van der Waals surface area contributed by atoms with Crippen molar-refractivity contribution in [2.24, 2.45) is 11.5 Å². The van der Waals surface area contributed by atoms with E-state index in [1.54, 1.807) is 0 Å². The Hall–Kier alpha value is -0.470. The molecule has 8 heteroatoms. The SMILES string of the molecule is NC(=S)NS(=O)NC(N)=S. The van der Waals surface area contributed by atoms with Crippen molar-refractivity contribution >= 4 is 45.8 Å². The molecule has 0 radical (unpaired) electrons. The van der Waals surface area contributed by atoms with Gasteiger partial charge < -0.3 is 11.5 Å². The molecule has 0 heterocycles. The molecule has 0 aliphatic heterocycles. The third kappa shape index (κ3) is 5.66. The van der Waals surface area contributed by atoms with E-state index < -0.39 is 11.2 Å². The topological polar surface area (TPSA) is 93.2 Å². The second-order valence-electron chi connectivity index (χ2n) is 1.20. The predicted octanol–water partition coefficient (Wildman–Crippen LogP) is -1.77. The highest BCUT2D eigenvalue weighted by molar-refractivity contribution is 7.87. The quantitative estimate of drug-likeness (QED) is 0.394. The molecule has 58 valence electrons. The van der Waals surface area contributed by atoms with Crippen LogP contribution < -0.4 is 20.9 Å². The molecule has 0 aliphatic rings. The van der Waals surface area contributed by atoms with Gasteiger partial charge in [0.05, 0.1) is 0 Å². The molecule has 0 aromatic heterocycles. The zero-order valence-electron chi connectivity index (χ0n) is 4.79. The van der Waals surface area contributed by atoms with Gasteiger partial charge in [-0.25, -0.2) is 4.21 Å². The summed E-state index contributed by atoms with van der Waals surface area (Å²) in [4.78, 5) is 0. The first-order valence-electron chi connectivity index (χ1n) is 2.06. The summed E-state index contributed by atoms with van der Waals surface area (Å²) in [6.07, 6.45) is 0. The number of rotatable bonds is 2. The third-order valence-electron chi connectivity index (χ3n) is 0.387. The average Bonchev–Trinajstić information content (AvgIpc) is 1.58. The molecule has 0 rings (SSSR count). The van der Waals surface area contributed by atoms with Crippen molar-refractivity contribution in [3.63, 3.8) is 0 Å². The number of nitrogens with one attached hydrogen (secondary N) is 2. The van der Waals surface area contributed by atoms with E-state index >= 15 is 0 Å². The normalized spacial score (nSPS) is 8.90. The fourth-order valence-corrected chi connectivity index (χ4v) is 1.08. The highest BCUT2D eigenvalue weighted by atomic mass is 32.2. The van der Waals surface area contributed by atoms with Crippen LogP contribution in [0, 0.1) is 0 Å². The lowest BCUT2D eigenvalue weighted by Crippen LogP contribution is -2.42. The van der Waals surface area contributed by atoms with Gasteiger partial charge in [-0.3, -0.25) is 9.44 Å². The molecule has 0 aromatic rings. The Labute approximate surface area is 71.2 Å². The Morgan fingerprint density at radius 3 is 1.70 bits per heavy atom. The molecule has 5 nitrogen and oxygen atoms in total. The Morgan fingerprint density at radius 2 is 1.50 bits per heavy atom. The van der Waals surface area contributed by atoms with E-state index in [1.807, 2.05) is 0 Å². The molecule has 0 saturated carbocycles. The van der Waals surface area contributed by atoms with Crippen LogP contribution in [0.5, 0.6) is 0 Å². The molecule has 0 spiro atoms. The summed E-state index contributed by atoms with van der Waals surface area (Å²) in [6.45, 7) is 0. The fourth-order valence-electron chi connectivity index (χ4n) is 0.208. The van der Waals surface area contributed by atoms with Crippen molar-refractivity contribution < 1.29 is 4.21 Å². The zero-order valence-corrected chi connectivity index (χ0v) is 7.24. The van der Waals surface area contributed by atoms with Crippen LogP contribution in [0.3, 0.4) is 0 Å². The molecule has 0 amide bonds. The lowest BCUT2D eigenvalue weighted by molar-refractivity contribution is 0.679. The Kier molecular flexibility index (Phi) is 4.16. The highest BCUT2D eigenvalue weighted by Gasteiger charge is 1.97. The van der Waals surface area contributed by atoms with Gasteiger partial charge in [-0.1, -0.05) is 0 Å². The summed E-state index contributed by atoms with van der Waals surface area (Å²) >= 11 is 7.14. The number of hydrogen-bond acceptors (Lipinski definition) is 3. The van der Waals surface area contributed by atoms with Crippen LogP contribution in [-0.4, -0.2) is 14.4 Å². The van der Waals surface area contributed by atoms with Crippen LogP contribution in [0.2, 0.25) is 0 Å². The lowest BCUT2D eigenvalue weighted by Gasteiger charge is -2.02. The second-order valence-corrected chi connectivity index (χ2v) is 3.03. The number of hydrogen-bond donors (Lipinski definition) is 4.